The highest BCUT2D eigenvalue weighted by atomic mass is 19.4. The summed E-state index contributed by atoms with van der Waals surface area (Å²) in [5, 5.41) is 20.7. The molecule has 0 spiro atoms. The van der Waals surface area contributed by atoms with Gasteiger partial charge in [0.2, 0.25) is 0 Å². The lowest BCUT2D eigenvalue weighted by molar-refractivity contribution is -0.147. The third-order valence-electron chi connectivity index (χ3n) is 18.5. The summed E-state index contributed by atoms with van der Waals surface area (Å²) in [4.78, 5) is 28.1. The smallest absolute Gasteiger partial charge is 0.420 e. The molecule has 74 heavy (non-hydrogen) atoms. The van der Waals surface area contributed by atoms with E-state index in [0.717, 1.165) is 114 Å². The number of rotatable bonds is 12. The minimum Gasteiger partial charge on any atom is -0.490 e. The van der Waals surface area contributed by atoms with E-state index in [2.05, 4.69) is 23.6 Å². The SMILES string of the molecule is CCC1CCC(Oc2ccc3ccc([C@@H](C)N4C5CCCC4CC(C(=O)O)C5)cc3c2C(F)(F)F)CC1.CCC1CCC(Oc2ccc3ccc([C@H](C)N4C5CCCC4CC(C(=O)O)C5)cc3c2C(F)(F)F)CC1. The molecule has 0 radical (unpaired) electrons. The Kier molecular flexibility index (Phi) is 16.5. The third-order valence-corrected chi connectivity index (χ3v) is 18.5. The summed E-state index contributed by atoms with van der Waals surface area (Å²) in [5.41, 5.74) is 0.316. The van der Waals surface area contributed by atoms with Crippen molar-refractivity contribution in [2.75, 3.05) is 0 Å². The molecule has 4 aromatic carbocycles. The number of alkyl halides is 6. The van der Waals surface area contributed by atoms with Gasteiger partial charge in [-0.1, -0.05) is 75.9 Å². The van der Waals surface area contributed by atoms with Crippen LogP contribution in [0.25, 0.3) is 21.5 Å². The first-order valence-electron chi connectivity index (χ1n) is 27.9. The van der Waals surface area contributed by atoms with Crippen molar-refractivity contribution in [3.05, 3.63) is 82.9 Å². The van der Waals surface area contributed by atoms with Crippen LogP contribution in [0.5, 0.6) is 11.5 Å². The zero-order valence-electron chi connectivity index (χ0n) is 43.5. The summed E-state index contributed by atoms with van der Waals surface area (Å²) in [5.74, 6) is -0.988. The molecule has 14 heteroatoms. The second-order valence-electron chi connectivity index (χ2n) is 22.9. The predicted octanol–water partition coefficient (Wildman–Crippen LogP) is 16.0. The van der Waals surface area contributed by atoms with Gasteiger partial charge in [0.25, 0.3) is 0 Å². The van der Waals surface area contributed by atoms with Crippen molar-refractivity contribution in [3.8, 4) is 11.5 Å². The van der Waals surface area contributed by atoms with Crippen molar-refractivity contribution < 1.29 is 55.6 Å². The molecule has 2 aliphatic carbocycles. The second-order valence-corrected chi connectivity index (χ2v) is 22.9. The monoisotopic (exact) mass is 1030 g/mol. The molecule has 8 nitrogen and oxygen atoms in total. The number of carboxylic acid groups (broad SMARTS) is 2. The molecular weight excluding hydrogens is 959 g/mol. The number of carboxylic acids is 2. The molecule has 6 atom stereocenters. The van der Waals surface area contributed by atoms with Gasteiger partial charge in [-0.05, 0) is 185 Å². The highest BCUT2D eigenvalue weighted by Crippen LogP contribution is 2.48. The van der Waals surface area contributed by atoms with Gasteiger partial charge >= 0.3 is 24.3 Å². The largest absolute Gasteiger partial charge is 0.490 e. The van der Waals surface area contributed by atoms with E-state index < -0.39 is 35.4 Å². The van der Waals surface area contributed by atoms with Crippen LogP contribution in [0, 0.1) is 23.7 Å². The van der Waals surface area contributed by atoms with Crippen LogP contribution in [0.1, 0.15) is 190 Å². The van der Waals surface area contributed by atoms with Gasteiger partial charge in [0, 0.05) is 36.3 Å². The first-order chi connectivity index (χ1) is 35.3. The summed E-state index contributed by atoms with van der Waals surface area (Å²) in [6.07, 6.45) is 8.25. The van der Waals surface area contributed by atoms with Gasteiger partial charge in [-0.2, -0.15) is 26.3 Å². The van der Waals surface area contributed by atoms with Gasteiger partial charge in [-0.3, -0.25) is 19.4 Å². The maximum absolute atomic E-state index is 14.5. The molecule has 404 valence electrons. The molecule has 6 fully saturated rings. The Labute approximate surface area is 432 Å². The Morgan fingerprint density at radius 3 is 1.15 bits per heavy atom. The third kappa shape index (κ3) is 11.7. The van der Waals surface area contributed by atoms with Crippen LogP contribution < -0.4 is 9.47 Å². The van der Waals surface area contributed by atoms with E-state index >= 15 is 0 Å². The molecule has 6 aliphatic rings. The number of ether oxygens (including phenoxy) is 2. The first kappa shape index (κ1) is 54.2. The number of nitrogens with zero attached hydrogens (tertiary/aromatic N) is 2. The van der Waals surface area contributed by atoms with E-state index in [0.29, 0.717) is 48.3 Å². The molecule has 4 heterocycles. The number of piperidine rings is 4. The van der Waals surface area contributed by atoms with E-state index in [4.69, 9.17) is 9.47 Å². The van der Waals surface area contributed by atoms with Crippen molar-refractivity contribution in [2.45, 2.75) is 217 Å². The fourth-order valence-corrected chi connectivity index (χ4v) is 14.5. The minimum absolute atomic E-state index is 0.0658. The molecule has 0 amide bonds. The molecule has 4 unspecified atom stereocenters. The average Bonchev–Trinajstić information content (AvgIpc) is 3.37. The maximum Gasteiger partial charge on any atom is 0.420 e. The Hall–Kier alpha value is -4.56. The zero-order valence-corrected chi connectivity index (χ0v) is 43.5. The summed E-state index contributed by atoms with van der Waals surface area (Å²) >= 11 is 0. The van der Waals surface area contributed by atoms with E-state index in [1.165, 1.54) is 12.1 Å². The quantitative estimate of drug-likeness (QED) is 0.135. The molecular formula is C60H76F6N2O6. The second kappa shape index (κ2) is 22.6. The zero-order chi connectivity index (χ0) is 52.6. The molecule has 4 aliphatic heterocycles. The van der Waals surface area contributed by atoms with Crippen molar-refractivity contribution in [2.24, 2.45) is 23.7 Å². The van der Waals surface area contributed by atoms with Crippen molar-refractivity contribution in [1.82, 2.24) is 9.80 Å². The Bertz CT molecular complexity index is 2400. The number of hydrogen-bond donors (Lipinski definition) is 2. The molecule has 4 bridgehead atoms. The Morgan fingerprint density at radius 1 is 0.527 bits per heavy atom. The highest BCUT2D eigenvalue weighted by Gasteiger charge is 2.46. The number of carbonyl (C=O) groups is 2. The van der Waals surface area contributed by atoms with E-state index in [1.54, 1.807) is 36.4 Å². The summed E-state index contributed by atoms with van der Waals surface area (Å²) in [6, 6.07) is 17.7. The lowest BCUT2D eigenvalue weighted by Crippen LogP contribution is -2.53. The number of halogens is 6. The Morgan fingerprint density at radius 2 is 0.851 bits per heavy atom. The van der Waals surface area contributed by atoms with E-state index in [1.807, 2.05) is 26.0 Å². The maximum atomic E-state index is 14.5. The molecule has 2 saturated carbocycles. The van der Waals surface area contributed by atoms with Crippen LogP contribution in [0.2, 0.25) is 0 Å². The fourth-order valence-electron chi connectivity index (χ4n) is 14.5. The van der Waals surface area contributed by atoms with Crippen LogP contribution in [0.3, 0.4) is 0 Å². The standard InChI is InChI=1S/2C30H38F3NO3/c2*1-3-19-7-12-25(13-8-19)37-27-14-11-20-9-10-21(17-26(20)28(27)30(31,32)33)18(2)34-23-5-4-6-24(34)16-22(15-23)29(35)36/h2*9-11,14,17-19,22-25H,3-8,12-13,15-16H2,1-2H3,(H,35,36)/t2*18-,19?,22?,23?,24?,25?/m10/s1. The molecule has 2 N–H and O–H groups in total. The lowest BCUT2D eigenvalue weighted by Gasteiger charge is -2.51. The van der Waals surface area contributed by atoms with E-state index in [9.17, 15) is 46.1 Å². The highest BCUT2D eigenvalue weighted by molar-refractivity contribution is 5.90. The van der Waals surface area contributed by atoms with Gasteiger partial charge in [-0.15, -0.1) is 0 Å². The summed E-state index contributed by atoms with van der Waals surface area (Å²) in [7, 11) is 0. The van der Waals surface area contributed by atoms with Crippen LogP contribution in [0.15, 0.2) is 60.7 Å². The number of fused-ring (bicyclic) bond motifs is 6. The number of aliphatic carboxylic acids is 2. The molecule has 10 rings (SSSR count). The van der Waals surface area contributed by atoms with Crippen LogP contribution >= 0.6 is 0 Å². The summed E-state index contributed by atoms with van der Waals surface area (Å²) < 4.78 is 99.1. The minimum atomic E-state index is -4.53. The van der Waals surface area contributed by atoms with Gasteiger partial charge in [0.15, 0.2) is 0 Å². The average molecular weight is 1040 g/mol. The van der Waals surface area contributed by atoms with Crippen molar-refractivity contribution in [3.63, 3.8) is 0 Å². The van der Waals surface area contributed by atoms with Crippen molar-refractivity contribution in [1.29, 1.82) is 0 Å². The molecule has 4 saturated heterocycles. The first-order valence-corrected chi connectivity index (χ1v) is 27.9. The predicted molar refractivity (Wildman–Crippen MR) is 275 cm³/mol. The van der Waals surface area contributed by atoms with Gasteiger partial charge in [0.1, 0.15) is 22.6 Å². The van der Waals surface area contributed by atoms with Gasteiger partial charge < -0.3 is 19.7 Å². The summed E-state index contributed by atoms with van der Waals surface area (Å²) in [6.45, 7) is 8.43. The fraction of sp³-hybridized carbons (Fsp3) is 0.633. The lowest BCUT2D eigenvalue weighted by atomic mass is 9.77. The van der Waals surface area contributed by atoms with Crippen molar-refractivity contribution >= 4 is 33.5 Å². The van der Waals surface area contributed by atoms with Gasteiger partial charge in [-0.25, -0.2) is 0 Å². The topological polar surface area (TPSA) is 99.5 Å². The van der Waals surface area contributed by atoms with E-state index in [-0.39, 0.29) is 82.6 Å². The van der Waals surface area contributed by atoms with Crippen LogP contribution in [-0.4, -0.2) is 68.3 Å². The van der Waals surface area contributed by atoms with Crippen LogP contribution in [-0.2, 0) is 21.9 Å². The van der Waals surface area contributed by atoms with Crippen LogP contribution in [0.4, 0.5) is 26.3 Å². The molecule has 0 aromatic heterocycles. The Balaban J connectivity index is 0.000000182. The number of benzene rings is 4. The number of hydrogen-bond acceptors (Lipinski definition) is 6. The normalized spacial score (nSPS) is 29.7. The molecule has 4 aromatic rings. The van der Waals surface area contributed by atoms with Gasteiger partial charge in [0.05, 0.1) is 24.0 Å².